The first-order valence-corrected chi connectivity index (χ1v) is 8.28. The maximum absolute atomic E-state index is 12.2. The third-order valence-electron chi connectivity index (χ3n) is 4.05. The first kappa shape index (κ1) is 17.0. The molecule has 0 unspecified atom stereocenters. The molecule has 0 spiro atoms. The quantitative estimate of drug-likeness (QED) is 0.654. The van der Waals surface area contributed by atoms with E-state index in [-0.39, 0.29) is 5.91 Å². The van der Waals surface area contributed by atoms with Crippen LogP contribution in [0.15, 0.2) is 43.1 Å². The average Bonchev–Trinajstić information content (AvgIpc) is 3.39. The molecule has 0 radical (unpaired) electrons. The van der Waals surface area contributed by atoms with E-state index in [1.54, 1.807) is 18.2 Å². The molecule has 0 aliphatic heterocycles. The fraction of sp³-hybridized carbons (Fsp3) is 0.389. The smallest absolute Gasteiger partial charge is 0.246 e. The summed E-state index contributed by atoms with van der Waals surface area (Å²) in [5.41, 5.74) is 0.930. The van der Waals surface area contributed by atoms with Crippen LogP contribution in [0.3, 0.4) is 0 Å². The lowest BCUT2D eigenvalue weighted by Crippen LogP contribution is -2.33. The number of methoxy groups -OCH3 is 1. The molecule has 1 saturated carbocycles. The number of carbonyl (C=O) groups is 1. The molecule has 0 atom stereocenters. The van der Waals surface area contributed by atoms with Gasteiger partial charge in [0.2, 0.25) is 5.91 Å². The Balaban J connectivity index is 1.59. The van der Waals surface area contributed by atoms with Crippen LogP contribution in [0.5, 0.6) is 11.5 Å². The van der Waals surface area contributed by atoms with Crippen LogP contribution in [0.1, 0.15) is 24.6 Å². The molecule has 0 saturated heterocycles. The number of rotatable bonds is 9. The van der Waals surface area contributed by atoms with Crippen LogP contribution in [-0.2, 0) is 11.3 Å². The van der Waals surface area contributed by atoms with Crippen molar-refractivity contribution in [1.29, 1.82) is 0 Å². The number of ether oxygens (including phenoxy) is 2. The van der Waals surface area contributed by atoms with Gasteiger partial charge in [0.05, 0.1) is 38.1 Å². The molecule has 1 amide bonds. The summed E-state index contributed by atoms with van der Waals surface area (Å²) < 4.78 is 12.8. The molecule has 1 aliphatic rings. The van der Waals surface area contributed by atoms with Crippen LogP contribution in [0.2, 0.25) is 0 Å². The topological polar surface area (TPSA) is 69.5 Å². The molecular weight excluding hydrogens is 320 g/mol. The highest BCUT2D eigenvalue weighted by atomic mass is 16.5. The first-order valence-electron chi connectivity index (χ1n) is 8.28. The molecule has 0 bridgehead atoms. The summed E-state index contributed by atoms with van der Waals surface area (Å²) in [6.07, 6.45) is 5.26. The zero-order valence-corrected chi connectivity index (χ0v) is 14.3. The van der Waals surface area contributed by atoms with E-state index in [4.69, 9.17) is 9.47 Å². The van der Waals surface area contributed by atoms with Crippen molar-refractivity contribution in [3.05, 3.63) is 48.8 Å². The normalized spacial score (nSPS) is 13.3. The minimum absolute atomic E-state index is 0.141. The van der Waals surface area contributed by atoms with Crippen LogP contribution >= 0.6 is 0 Å². The van der Waals surface area contributed by atoms with Crippen molar-refractivity contribution in [3.63, 3.8) is 0 Å². The molecule has 7 heteroatoms. The van der Waals surface area contributed by atoms with E-state index in [1.165, 1.54) is 6.08 Å². The van der Waals surface area contributed by atoms with E-state index in [1.807, 2.05) is 28.9 Å². The summed E-state index contributed by atoms with van der Waals surface area (Å²) in [4.78, 5) is 13.8. The van der Waals surface area contributed by atoms with Crippen molar-refractivity contribution in [2.75, 3.05) is 20.3 Å². The number of hydrogen-bond acceptors (Lipinski definition) is 5. The number of benzene rings is 1. The molecule has 1 aliphatic carbocycles. The summed E-state index contributed by atoms with van der Waals surface area (Å²) in [7, 11) is 1.61. The SMILES string of the molecule is C=CC(=O)N(CCOc1cccc(OC)c1)Cc1cnnn1C1CC1. The van der Waals surface area contributed by atoms with Crippen LogP contribution in [-0.4, -0.2) is 46.1 Å². The maximum Gasteiger partial charge on any atom is 0.246 e. The number of hydrogen-bond donors (Lipinski definition) is 0. The van der Waals surface area contributed by atoms with Gasteiger partial charge < -0.3 is 14.4 Å². The van der Waals surface area contributed by atoms with Gasteiger partial charge in [-0.3, -0.25) is 4.79 Å². The Morgan fingerprint density at radius 1 is 1.44 bits per heavy atom. The lowest BCUT2D eigenvalue weighted by atomic mass is 10.3. The Labute approximate surface area is 146 Å². The molecule has 1 heterocycles. The molecule has 132 valence electrons. The Kier molecular flexibility index (Phi) is 5.33. The Hall–Kier alpha value is -2.83. The molecular formula is C18H22N4O3. The molecule has 1 aromatic heterocycles. The number of nitrogens with zero attached hydrogens (tertiary/aromatic N) is 4. The molecule has 1 aromatic carbocycles. The predicted molar refractivity (Wildman–Crippen MR) is 92.4 cm³/mol. The third-order valence-corrected chi connectivity index (χ3v) is 4.05. The summed E-state index contributed by atoms with van der Waals surface area (Å²) >= 11 is 0. The van der Waals surface area contributed by atoms with E-state index in [0.717, 1.165) is 24.3 Å². The monoisotopic (exact) mass is 342 g/mol. The zero-order valence-electron chi connectivity index (χ0n) is 14.3. The standard InChI is InChI=1S/C18H22N4O3/c1-3-18(23)21(13-15-12-19-20-22(15)14-7-8-14)9-10-25-17-6-4-5-16(11-17)24-2/h3-6,11-12,14H,1,7-10,13H2,2H3. The van der Waals surface area contributed by atoms with Gasteiger partial charge in [-0.2, -0.15) is 0 Å². The highest BCUT2D eigenvalue weighted by Gasteiger charge is 2.27. The van der Waals surface area contributed by atoms with E-state index < -0.39 is 0 Å². The molecule has 7 nitrogen and oxygen atoms in total. The Morgan fingerprint density at radius 2 is 2.24 bits per heavy atom. The molecule has 3 rings (SSSR count). The molecule has 1 fully saturated rings. The second-order valence-electron chi connectivity index (χ2n) is 5.89. The zero-order chi connectivity index (χ0) is 17.6. The fourth-order valence-corrected chi connectivity index (χ4v) is 2.56. The van der Waals surface area contributed by atoms with Gasteiger partial charge in [-0.1, -0.05) is 17.9 Å². The van der Waals surface area contributed by atoms with E-state index in [0.29, 0.717) is 31.5 Å². The van der Waals surface area contributed by atoms with Gasteiger partial charge in [0.15, 0.2) is 0 Å². The van der Waals surface area contributed by atoms with Gasteiger partial charge in [0.25, 0.3) is 0 Å². The highest BCUT2D eigenvalue weighted by molar-refractivity contribution is 5.86. The van der Waals surface area contributed by atoms with Crippen LogP contribution in [0.4, 0.5) is 0 Å². The third kappa shape index (κ3) is 4.37. The van der Waals surface area contributed by atoms with Crippen molar-refractivity contribution >= 4 is 5.91 Å². The van der Waals surface area contributed by atoms with Crippen LogP contribution in [0, 0.1) is 0 Å². The van der Waals surface area contributed by atoms with E-state index in [9.17, 15) is 4.79 Å². The number of carbonyl (C=O) groups excluding carboxylic acids is 1. The Morgan fingerprint density at radius 3 is 2.96 bits per heavy atom. The highest BCUT2D eigenvalue weighted by Crippen LogP contribution is 2.34. The van der Waals surface area contributed by atoms with Gasteiger partial charge in [0.1, 0.15) is 18.1 Å². The van der Waals surface area contributed by atoms with Crippen molar-refractivity contribution in [1.82, 2.24) is 19.9 Å². The summed E-state index contributed by atoms with van der Waals surface area (Å²) in [6, 6.07) is 7.80. The fourth-order valence-electron chi connectivity index (χ4n) is 2.56. The maximum atomic E-state index is 12.2. The molecule has 0 N–H and O–H groups in total. The number of amides is 1. The lowest BCUT2D eigenvalue weighted by Gasteiger charge is -2.21. The van der Waals surface area contributed by atoms with Gasteiger partial charge >= 0.3 is 0 Å². The average molecular weight is 342 g/mol. The largest absolute Gasteiger partial charge is 0.497 e. The summed E-state index contributed by atoms with van der Waals surface area (Å²) in [5, 5.41) is 8.09. The van der Waals surface area contributed by atoms with Gasteiger partial charge in [-0.25, -0.2) is 4.68 Å². The van der Waals surface area contributed by atoms with E-state index in [2.05, 4.69) is 16.9 Å². The molecule has 25 heavy (non-hydrogen) atoms. The van der Waals surface area contributed by atoms with Gasteiger partial charge in [-0.15, -0.1) is 5.10 Å². The second-order valence-corrected chi connectivity index (χ2v) is 5.89. The van der Waals surface area contributed by atoms with Gasteiger partial charge in [0, 0.05) is 6.07 Å². The van der Waals surface area contributed by atoms with Crippen molar-refractivity contribution in [2.45, 2.75) is 25.4 Å². The van der Waals surface area contributed by atoms with Crippen molar-refractivity contribution in [3.8, 4) is 11.5 Å². The van der Waals surface area contributed by atoms with Gasteiger partial charge in [-0.05, 0) is 31.1 Å². The lowest BCUT2D eigenvalue weighted by molar-refractivity contribution is -0.127. The second kappa shape index (κ2) is 7.83. The number of aromatic nitrogens is 3. The first-order chi connectivity index (χ1) is 12.2. The minimum atomic E-state index is -0.141. The van der Waals surface area contributed by atoms with Crippen molar-refractivity contribution in [2.24, 2.45) is 0 Å². The molecule has 2 aromatic rings. The van der Waals surface area contributed by atoms with Crippen molar-refractivity contribution < 1.29 is 14.3 Å². The van der Waals surface area contributed by atoms with Crippen LogP contribution < -0.4 is 9.47 Å². The predicted octanol–water partition coefficient (Wildman–Crippen LogP) is 2.22. The Bertz CT molecular complexity index is 739. The van der Waals surface area contributed by atoms with Crippen LogP contribution in [0.25, 0.3) is 0 Å². The summed E-state index contributed by atoms with van der Waals surface area (Å²) in [6.45, 7) is 4.84. The van der Waals surface area contributed by atoms with E-state index >= 15 is 0 Å². The minimum Gasteiger partial charge on any atom is -0.497 e. The summed E-state index contributed by atoms with van der Waals surface area (Å²) in [5.74, 6) is 1.30.